The second kappa shape index (κ2) is 13.8. The highest BCUT2D eigenvalue weighted by Crippen LogP contribution is 2.36. The first-order valence-electron chi connectivity index (χ1n) is 17.4. The van der Waals surface area contributed by atoms with Gasteiger partial charge in [-0.1, -0.05) is 184 Å². The lowest BCUT2D eigenvalue weighted by atomic mass is 9.77. The molecule has 0 saturated carbocycles. The van der Waals surface area contributed by atoms with Gasteiger partial charge in [0.1, 0.15) is 0 Å². The molecule has 3 heteroatoms. The number of hydrogen-bond donors (Lipinski definition) is 0. The Labute approximate surface area is 300 Å². The lowest BCUT2D eigenvalue weighted by Gasteiger charge is -2.26. The highest BCUT2D eigenvalue weighted by molar-refractivity contribution is 5.77. The number of rotatable bonds is 8. The zero-order chi connectivity index (χ0) is 34.6. The average Bonchev–Trinajstić information content (AvgIpc) is 3.22. The molecule has 0 amide bonds. The van der Waals surface area contributed by atoms with E-state index in [0.717, 1.165) is 67.5 Å². The first-order valence-corrected chi connectivity index (χ1v) is 17.4. The maximum absolute atomic E-state index is 5.06. The molecule has 3 nitrogen and oxygen atoms in total. The van der Waals surface area contributed by atoms with Gasteiger partial charge in [0.15, 0.2) is 5.82 Å². The molecule has 0 aliphatic carbocycles. The molecule has 8 rings (SSSR count). The molecule has 0 aliphatic heterocycles. The summed E-state index contributed by atoms with van der Waals surface area (Å²) >= 11 is 0. The molecule has 8 aromatic rings. The predicted octanol–water partition coefficient (Wildman–Crippen LogP) is 12.2. The molecule has 244 valence electrons. The third-order valence-electron chi connectivity index (χ3n) is 9.63. The molecule has 0 atom stereocenters. The van der Waals surface area contributed by atoms with Crippen LogP contribution in [0.5, 0.6) is 0 Å². The van der Waals surface area contributed by atoms with Gasteiger partial charge in [0.05, 0.1) is 22.8 Å². The summed E-state index contributed by atoms with van der Waals surface area (Å²) in [6.07, 6.45) is 0. The van der Waals surface area contributed by atoms with E-state index in [-0.39, 0.29) is 5.41 Å². The van der Waals surface area contributed by atoms with Gasteiger partial charge in [0.2, 0.25) is 0 Å². The van der Waals surface area contributed by atoms with Crippen molar-refractivity contribution in [1.82, 2.24) is 15.0 Å². The average molecular weight is 656 g/mol. The van der Waals surface area contributed by atoms with Crippen molar-refractivity contribution < 1.29 is 0 Å². The Morgan fingerprint density at radius 2 is 0.627 bits per heavy atom. The fraction of sp³-hybridized carbons (Fsp3) is 0.0625. The van der Waals surface area contributed by atoms with Crippen molar-refractivity contribution in [2.24, 2.45) is 0 Å². The van der Waals surface area contributed by atoms with Gasteiger partial charge >= 0.3 is 0 Å². The second-order valence-corrected chi connectivity index (χ2v) is 13.3. The highest BCUT2D eigenvalue weighted by Gasteiger charge is 2.23. The van der Waals surface area contributed by atoms with Crippen molar-refractivity contribution in [1.29, 1.82) is 0 Å². The molecule has 2 aromatic heterocycles. The summed E-state index contributed by atoms with van der Waals surface area (Å²) < 4.78 is 0. The van der Waals surface area contributed by atoms with Gasteiger partial charge in [-0.2, -0.15) is 0 Å². The molecule has 6 aromatic carbocycles. The Morgan fingerprint density at radius 3 is 1.04 bits per heavy atom. The second-order valence-electron chi connectivity index (χ2n) is 13.3. The Hall–Kier alpha value is -6.45. The molecule has 51 heavy (non-hydrogen) atoms. The highest BCUT2D eigenvalue weighted by atomic mass is 14.9. The van der Waals surface area contributed by atoms with E-state index in [1.807, 2.05) is 48.5 Å². The normalized spacial score (nSPS) is 11.3. The first kappa shape index (κ1) is 31.8. The SMILES string of the molecule is CC(C)(c1ccc(-c2cc(-c3ccccc3)nc(-c3ccccc3)c2)cc1)c1ccc(-c2cc(-c3ccccc3)nc(-c3ccccc3)n2)cc1. The number of benzene rings is 6. The minimum atomic E-state index is -0.213. The van der Waals surface area contributed by atoms with Crippen LogP contribution in [-0.4, -0.2) is 15.0 Å². The third kappa shape index (κ3) is 6.75. The molecule has 0 bridgehead atoms. The molecule has 0 aliphatic rings. The summed E-state index contributed by atoms with van der Waals surface area (Å²) in [5, 5.41) is 0. The van der Waals surface area contributed by atoms with Crippen molar-refractivity contribution in [2.75, 3.05) is 0 Å². The van der Waals surface area contributed by atoms with Crippen molar-refractivity contribution in [3.63, 3.8) is 0 Å². The lowest BCUT2D eigenvalue weighted by Crippen LogP contribution is -2.18. The van der Waals surface area contributed by atoms with Crippen LogP contribution in [0.2, 0.25) is 0 Å². The molecule has 0 N–H and O–H groups in total. The van der Waals surface area contributed by atoms with Crippen molar-refractivity contribution in [2.45, 2.75) is 19.3 Å². The number of nitrogens with zero attached hydrogens (tertiary/aromatic N) is 3. The van der Waals surface area contributed by atoms with Crippen LogP contribution >= 0.6 is 0 Å². The number of pyridine rings is 1. The molecule has 0 radical (unpaired) electrons. The van der Waals surface area contributed by atoms with E-state index in [0.29, 0.717) is 0 Å². The maximum atomic E-state index is 5.06. The number of hydrogen-bond acceptors (Lipinski definition) is 3. The van der Waals surface area contributed by atoms with Gasteiger partial charge in [0.25, 0.3) is 0 Å². The third-order valence-corrected chi connectivity index (χ3v) is 9.63. The Kier molecular flexibility index (Phi) is 8.61. The minimum Gasteiger partial charge on any atom is -0.248 e. The molecule has 2 heterocycles. The van der Waals surface area contributed by atoms with Crippen LogP contribution < -0.4 is 0 Å². The quantitative estimate of drug-likeness (QED) is 0.163. The van der Waals surface area contributed by atoms with E-state index in [4.69, 9.17) is 15.0 Å². The van der Waals surface area contributed by atoms with Crippen molar-refractivity contribution in [3.05, 3.63) is 199 Å². The fourth-order valence-electron chi connectivity index (χ4n) is 6.58. The van der Waals surface area contributed by atoms with E-state index in [1.54, 1.807) is 0 Å². The van der Waals surface area contributed by atoms with Crippen molar-refractivity contribution in [3.8, 4) is 67.5 Å². The van der Waals surface area contributed by atoms with Gasteiger partial charge in [-0.3, -0.25) is 0 Å². The molecule has 0 spiro atoms. The lowest BCUT2D eigenvalue weighted by molar-refractivity contribution is 0.641. The van der Waals surface area contributed by atoms with E-state index < -0.39 is 0 Å². The van der Waals surface area contributed by atoms with E-state index in [9.17, 15) is 0 Å². The fourth-order valence-corrected chi connectivity index (χ4v) is 6.58. The first-order chi connectivity index (χ1) is 25.0. The Balaban J connectivity index is 1.10. The molecule has 0 unspecified atom stereocenters. The van der Waals surface area contributed by atoms with E-state index in [2.05, 4.69) is 153 Å². The zero-order valence-corrected chi connectivity index (χ0v) is 28.7. The van der Waals surface area contributed by atoms with Crippen LogP contribution in [0, 0.1) is 0 Å². The minimum absolute atomic E-state index is 0.213. The van der Waals surface area contributed by atoms with Crippen LogP contribution in [0.3, 0.4) is 0 Å². The van der Waals surface area contributed by atoms with Crippen LogP contribution in [-0.2, 0) is 5.41 Å². The number of aromatic nitrogens is 3. The van der Waals surface area contributed by atoms with Crippen LogP contribution in [0.4, 0.5) is 0 Å². The predicted molar refractivity (Wildman–Crippen MR) is 211 cm³/mol. The van der Waals surface area contributed by atoms with E-state index in [1.165, 1.54) is 11.1 Å². The van der Waals surface area contributed by atoms with Gasteiger partial charge in [-0.15, -0.1) is 0 Å². The van der Waals surface area contributed by atoms with Crippen LogP contribution in [0.25, 0.3) is 67.5 Å². The summed E-state index contributed by atoms with van der Waals surface area (Å²) in [6.45, 7) is 4.58. The largest absolute Gasteiger partial charge is 0.248 e. The van der Waals surface area contributed by atoms with Crippen LogP contribution in [0.1, 0.15) is 25.0 Å². The van der Waals surface area contributed by atoms with Gasteiger partial charge < -0.3 is 0 Å². The zero-order valence-electron chi connectivity index (χ0n) is 28.7. The van der Waals surface area contributed by atoms with Gasteiger partial charge in [-0.05, 0) is 40.5 Å². The smallest absolute Gasteiger partial charge is 0.160 e. The van der Waals surface area contributed by atoms with E-state index >= 15 is 0 Å². The maximum Gasteiger partial charge on any atom is 0.160 e. The molecule has 0 fully saturated rings. The van der Waals surface area contributed by atoms with Crippen molar-refractivity contribution >= 4 is 0 Å². The summed E-state index contributed by atoms with van der Waals surface area (Å²) in [7, 11) is 0. The summed E-state index contributed by atoms with van der Waals surface area (Å²) in [4.78, 5) is 15.0. The standard InChI is InChI=1S/C48H37N3/c1-48(2,41-27-23-34(24-28-41)40-31-43(35-15-7-3-8-16-35)49-44(32-40)36-17-9-4-10-18-36)42-29-25-38(26-30-42)46-33-45(37-19-11-5-12-20-37)50-47(51-46)39-21-13-6-14-22-39/h3-33H,1-2H3. The van der Waals surface area contributed by atoms with Gasteiger partial charge in [-0.25, -0.2) is 15.0 Å². The molecular weight excluding hydrogens is 619 g/mol. The monoisotopic (exact) mass is 655 g/mol. The van der Waals surface area contributed by atoms with Crippen LogP contribution in [0.15, 0.2) is 188 Å². The summed E-state index contributed by atoms with van der Waals surface area (Å²) in [6, 6.07) is 65.6. The van der Waals surface area contributed by atoms with Gasteiger partial charge in [0, 0.05) is 33.2 Å². The Bertz CT molecular complexity index is 2100. The topological polar surface area (TPSA) is 38.7 Å². The molecule has 0 saturated heterocycles. The molecular formula is C48H37N3. The summed E-state index contributed by atoms with van der Waals surface area (Å²) in [5.74, 6) is 0.720. The Morgan fingerprint density at radius 1 is 0.294 bits per heavy atom. The summed E-state index contributed by atoms with van der Waals surface area (Å²) in [5.41, 5.74) is 13.6.